The van der Waals surface area contributed by atoms with Gasteiger partial charge in [0.05, 0.1) is 11.2 Å². The molecule has 2 aromatic rings. The first-order valence-corrected chi connectivity index (χ1v) is 9.74. The van der Waals surface area contributed by atoms with Crippen LogP contribution in [0.3, 0.4) is 0 Å². The molecule has 0 bridgehead atoms. The summed E-state index contributed by atoms with van der Waals surface area (Å²) < 4.78 is 2.00. The fourth-order valence-corrected chi connectivity index (χ4v) is 4.59. The molecule has 0 unspecified atom stereocenters. The second-order valence-electron chi connectivity index (χ2n) is 7.97. The van der Waals surface area contributed by atoms with Crippen LogP contribution in [0.4, 0.5) is 0 Å². The maximum Gasteiger partial charge on any atom is 0.272 e. The Hall–Kier alpha value is -2.14. The van der Waals surface area contributed by atoms with Gasteiger partial charge in [-0.05, 0) is 57.6 Å². The third-order valence-corrected chi connectivity index (χ3v) is 6.06. The molecule has 0 aliphatic heterocycles. The Morgan fingerprint density at radius 2 is 2.00 bits per heavy atom. The molecule has 4 rings (SSSR count). The second-order valence-corrected chi connectivity index (χ2v) is 7.97. The summed E-state index contributed by atoms with van der Waals surface area (Å²) in [4.78, 5) is 13.1. The van der Waals surface area contributed by atoms with Crippen LogP contribution in [-0.4, -0.2) is 27.8 Å². The highest BCUT2D eigenvalue weighted by Gasteiger charge is 2.36. The first-order valence-electron chi connectivity index (χ1n) is 9.74. The van der Waals surface area contributed by atoms with Crippen LogP contribution in [0.1, 0.15) is 65.0 Å². The van der Waals surface area contributed by atoms with E-state index in [1.165, 1.54) is 16.8 Å². The summed E-state index contributed by atoms with van der Waals surface area (Å²) >= 11 is 0. The molecule has 0 spiro atoms. The van der Waals surface area contributed by atoms with Gasteiger partial charge in [0.2, 0.25) is 0 Å². The number of nitrogens with zero attached hydrogens (tertiary/aromatic N) is 2. The molecule has 138 valence electrons. The molecule has 1 amide bonds. The highest BCUT2D eigenvalue weighted by molar-refractivity contribution is 5.95. The van der Waals surface area contributed by atoms with Crippen molar-refractivity contribution in [2.45, 2.75) is 64.3 Å². The average molecular weight is 352 g/mol. The fourth-order valence-electron chi connectivity index (χ4n) is 4.59. The average Bonchev–Trinajstić information content (AvgIpc) is 3.32. The molecule has 5 heteroatoms. The summed E-state index contributed by atoms with van der Waals surface area (Å²) in [6, 6.07) is 6.38. The normalized spacial score (nSPS) is 18.1. The molecule has 5 nitrogen and oxygen atoms in total. The van der Waals surface area contributed by atoms with Crippen LogP contribution in [0.15, 0.2) is 18.2 Å². The van der Waals surface area contributed by atoms with Gasteiger partial charge in [0.15, 0.2) is 5.69 Å². The first-order chi connectivity index (χ1) is 12.5. The number of nitrogens with two attached hydrogens (primary N) is 1. The van der Waals surface area contributed by atoms with Crippen molar-refractivity contribution in [1.29, 1.82) is 0 Å². The van der Waals surface area contributed by atoms with Crippen molar-refractivity contribution in [1.82, 2.24) is 15.1 Å². The smallest absolute Gasteiger partial charge is 0.272 e. The number of carbonyl (C=O) groups excluding carboxylic acids is 1. The molecule has 1 aromatic heterocycles. The molecule has 26 heavy (non-hydrogen) atoms. The van der Waals surface area contributed by atoms with E-state index in [0.717, 1.165) is 56.2 Å². The quantitative estimate of drug-likeness (QED) is 0.888. The van der Waals surface area contributed by atoms with Gasteiger partial charge in [-0.2, -0.15) is 5.10 Å². The number of nitrogens with one attached hydrogen (secondary N) is 1. The zero-order chi connectivity index (χ0) is 18.3. The molecule has 0 radical (unpaired) electrons. The zero-order valence-corrected chi connectivity index (χ0v) is 15.8. The number of amides is 1. The van der Waals surface area contributed by atoms with Crippen LogP contribution in [-0.2, 0) is 12.8 Å². The van der Waals surface area contributed by atoms with Gasteiger partial charge in [-0.1, -0.05) is 30.5 Å². The number of benzene rings is 1. The lowest BCUT2D eigenvalue weighted by Crippen LogP contribution is -2.51. The summed E-state index contributed by atoms with van der Waals surface area (Å²) in [6.07, 6.45) is 7.19. The van der Waals surface area contributed by atoms with Gasteiger partial charge in [0.25, 0.3) is 5.91 Å². The lowest BCUT2D eigenvalue weighted by molar-refractivity contribution is 0.0896. The first kappa shape index (κ1) is 17.3. The Labute approximate surface area is 155 Å². The van der Waals surface area contributed by atoms with Gasteiger partial charge < -0.3 is 11.1 Å². The third-order valence-electron chi connectivity index (χ3n) is 6.06. The molecular formula is C21H28N4O. The topological polar surface area (TPSA) is 72.9 Å². The summed E-state index contributed by atoms with van der Waals surface area (Å²) in [6.45, 7) is 4.70. The van der Waals surface area contributed by atoms with Crippen LogP contribution in [0.25, 0.3) is 5.69 Å². The van der Waals surface area contributed by atoms with Gasteiger partial charge in [-0.25, -0.2) is 4.68 Å². The summed E-state index contributed by atoms with van der Waals surface area (Å²) in [5, 5.41) is 8.00. The molecule has 2 aliphatic rings. The third kappa shape index (κ3) is 2.84. The number of fused-ring (bicyclic) bond motifs is 1. The van der Waals surface area contributed by atoms with Gasteiger partial charge in [-0.15, -0.1) is 0 Å². The minimum absolute atomic E-state index is 0.0565. The summed E-state index contributed by atoms with van der Waals surface area (Å²) in [5.74, 6) is -0.0565. The van der Waals surface area contributed by atoms with Crippen LogP contribution in [0.5, 0.6) is 0 Å². The number of aromatic nitrogens is 2. The monoisotopic (exact) mass is 352 g/mol. The molecule has 0 saturated heterocycles. The van der Waals surface area contributed by atoms with Crippen LogP contribution >= 0.6 is 0 Å². The van der Waals surface area contributed by atoms with Gasteiger partial charge in [0.1, 0.15) is 0 Å². The van der Waals surface area contributed by atoms with Crippen LogP contribution in [0.2, 0.25) is 0 Å². The van der Waals surface area contributed by atoms with E-state index >= 15 is 0 Å². The van der Waals surface area contributed by atoms with Crippen molar-refractivity contribution < 1.29 is 4.79 Å². The van der Waals surface area contributed by atoms with E-state index in [2.05, 4.69) is 37.4 Å². The van der Waals surface area contributed by atoms with E-state index in [9.17, 15) is 4.79 Å². The summed E-state index contributed by atoms with van der Waals surface area (Å²) in [7, 11) is 0. The molecule has 1 fully saturated rings. The molecule has 1 heterocycles. The minimum Gasteiger partial charge on any atom is -0.344 e. The highest BCUT2D eigenvalue weighted by atomic mass is 16.2. The van der Waals surface area contributed by atoms with Crippen molar-refractivity contribution in [3.05, 3.63) is 46.3 Å². The van der Waals surface area contributed by atoms with E-state index in [1.54, 1.807) is 0 Å². The van der Waals surface area contributed by atoms with Crippen molar-refractivity contribution in [3.8, 4) is 5.69 Å². The van der Waals surface area contributed by atoms with E-state index in [4.69, 9.17) is 10.8 Å². The van der Waals surface area contributed by atoms with Gasteiger partial charge >= 0.3 is 0 Å². The lowest BCUT2D eigenvalue weighted by Gasteiger charge is -2.28. The van der Waals surface area contributed by atoms with Crippen LogP contribution < -0.4 is 11.1 Å². The highest BCUT2D eigenvalue weighted by Crippen LogP contribution is 2.32. The van der Waals surface area contributed by atoms with Gasteiger partial charge in [0, 0.05) is 17.8 Å². The lowest BCUT2D eigenvalue weighted by atomic mass is 9.97. The Kier molecular flexibility index (Phi) is 4.35. The standard InChI is InChI=1S/C21H28N4O/c1-14-8-9-17(15(2)12-14)25-18-7-5-6-16(18)19(24-25)20(26)23-21(13-22)10-3-4-11-21/h8-9,12H,3-7,10-11,13,22H2,1-2H3,(H,23,26). The van der Waals surface area contributed by atoms with Crippen LogP contribution in [0, 0.1) is 13.8 Å². The van der Waals surface area contributed by atoms with Gasteiger partial charge in [-0.3, -0.25) is 4.79 Å². The van der Waals surface area contributed by atoms with E-state index in [-0.39, 0.29) is 11.4 Å². The predicted octanol–water partition coefficient (Wildman–Crippen LogP) is 2.98. The largest absolute Gasteiger partial charge is 0.344 e. The molecule has 1 aromatic carbocycles. The Morgan fingerprint density at radius 3 is 2.69 bits per heavy atom. The molecular weight excluding hydrogens is 324 g/mol. The number of aryl methyl sites for hydroxylation is 2. The van der Waals surface area contributed by atoms with Crippen molar-refractivity contribution >= 4 is 5.91 Å². The molecule has 1 saturated carbocycles. The number of carbonyl (C=O) groups is 1. The molecule has 2 aliphatic carbocycles. The summed E-state index contributed by atoms with van der Waals surface area (Å²) in [5.41, 5.74) is 12.1. The Balaban J connectivity index is 1.71. The Bertz CT molecular complexity index is 846. The van der Waals surface area contributed by atoms with Crippen molar-refractivity contribution in [2.24, 2.45) is 5.73 Å². The number of hydrogen-bond donors (Lipinski definition) is 2. The second kappa shape index (κ2) is 6.54. The molecule has 0 atom stereocenters. The van der Waals surface area contributed by atoms with E-state index in [1.807, 2.05) is 4.68 Å². The van der Waals surface area contributed by atoms with Crippen molar-refractivity contribution in [3.63, 3.8) is 0 Å². The number of rotatable bonds is 4. The molecule has 3 N–H and O–H groups in total. The maximum atomic E-state index is 13.1. The zero-order valence-electron chi connectivity index (χ0n) is 15.8. The van der Waals surface area contributed by atoms with E-state index in [0.29, 0.717) is 12.2 Å². The SMILES string of the molecule is Cc1ccc(-n2nc(C(=O)NC3(CN)CCCC3)c3c2CCC3)c(C)c1. The minimum atomic E-state index is -0.244. The fraction of sp³-hybridized carbons (Fsp3) is 0.524. The Morgan fingerprint density at radius 1 is 1.23 bits per heavy atom. The predicted molar refractivity (Wildman–Crippen MR) is 103 cm³/mol. The number of hydrogen-bond acceptors (Lipinski definition) is 3. The van der Waals surface area contributed by atoms with E-state index < -0.39 is 0 Å². The maximum absolute atomic E-state index is 13.1. The van der Waals surface area contributed by atoms with Crippen molar-refractivity contribution in [2.75, 3.05) is 6.54 Å².